The first kappa shape index (κ1) is 15.0. The molecule has 0 aromatic rings. The third-order valence-corrected chi connectivity index (χ3v) is 3.04. The number of carbonyl (C=O) groups excluding carboxylic acids is 2. The average molecular weight is 269 g/mol. The monoisotopic (exact) mass is 269 g/mol. The van der Waals surface area contributed by atoms with Gasteiger partial charge in [0, 0.05) is 19.6 Å². The molecule has 1 unspecified atom stereocenters. The van der Waals surface area contributed by atoms with E-state index >= 15 is 0 Å². The summed E-state index contributed by atoms with van der Waals surface area (Å²) in [5, 5.41) is 8.78. The van der Waals surface area contributed by atoms with Crippen LogP contribution < -0.4 is 5.73 Å². The number of piperidine rings is 1. The number of urea groups is 1. The molecule has 19 heavy (non-hydrogen) atoms. The first-order valence-electron chi connectivity index (χ1n) is 6.11. The van der Waals surface area contributed by atoms with E-state index < -0.39 is 17.9 Å². The van der Waals surface area contributed by atoms with E-state index in [9.17, 15) is 14.4 Å². The molecule has 0 aromatic heterocycles. The second kappa shape index (κ2) is 6.77. The number of rotatable bonds is 5. The second-order valence-corrected chi connectivity index (χ2v) is 4.53. The van der Waals surface area contributed by atoms with Crippen molar-refractivity contribution in [2.24, 2.45) is 11.7 Å². The Labute approximate surface area is 111 Å². The van der Waals surface area contributed by atoms with Crippen LogP contribution in [0.25, 0.3) is 0 Å². The fourth-order valence-corrected chi connectivity index (χ4v) is 2.11. The predicted molar refractivity (Wildman–Crippen MR) is 68.3 cm³/mol. The lowest BCUT2D eigenvalue weighted by Gasteiger charge is -2.34. The highest BCUT2D eigenvalue weighted by Gasteiger charge is 2.29. The van der Waals surface area contributed by atoms with Gasteiger partial charge in [0.1, 0.15) is 6.54 Å². The smallest absolute Gasteiger partial charge is 0.323 e. The van der Waals surface area contributed by atoms with Crippen molar-refractivity contribution in [3.05, 3.63) is 12.7 Å². The lowest BCUT2D eigenvalue weighted by Crippen LogP contribution is -2.50. The molecule has 1 aliphatic rings. The Balaban J connectivity index is 2.69. The number of hydrogen-bond donors (Lipinski definition) is 2. The summed E-state index contributed by atoms with van der Waals surface area (Å²) < 4.78 is 0. The molecule has 0 aromatic carbocycles. The molecule has 1 saturated heterocycles. The van der Waals surface area contributed by atoms with Gasteiger partial charge in [-0.1, -0.05) is 6.08 Å². The summed E-state index contributed by atoms with van der Waals surface area (Å²) in [5.41, 5.74) is 5.24. The summed E-state index contributed by atoms with van der Waals surface area (Å²) in [6.45, 7) is 4.03. The maximum Gasteiger partial charge on any atom is 0.323 e. The van der Waals surface area contributed by atoms with Crippen LogP contribution in [0.4, 0.5) is 4.79 Å². The Kier molecular flexibility index (Phi) is 5.35. The molecule has 1 atom stereocenters. The number of hydrogen-bond acceptors (Lipinski definition) is 3. The molecular formula is C12H19N3O4. The van der Waals surface area contributed by atoms with E-state index in [-0.39, 0.29) is 25.6 Å². The number of nitrogens with two attached hydrogens (primary N) is 1. The van der Waals surface area contributed by atoms with Gasteiger partial charge in [0.2, 0.25) is 5.91 Å². The van der Waals surface area contributed by atoms with Gasteiger partial charge < -0.3 is 20.6 Å². The number of carbonyl (C=O) groups is 3. The summed E-state index contributed by atoms with van der Waals surface area (Å²) >= 11 is 0. The van der Waals surface area contributed by atoms with Crippen molar-refractivity contribution in [3.63, 3.8) is 0 Å². The number of nitrogens with zero attached hydrogens (tertiary/aromatic N) is 2. The van der Waals surface area contributed by atoms with Crippen LogP contribution in [0.1, 0.15) is 12.8 Å². The van der Waals surface area contributed by atoms with Crippen LogP contribution in [-0.4, -0.2) is 59.0 Å². The van der Waals surface area contributed by atoms with E-state index in [4.69, 9.17) is 10.8 Å². The molecule has 3 N–H and O–H groups in total. The first-order chi connectivity index (χ1) is 8.95. The van der Waals surface area contributed by atoms with Crippen LogP contribution in [0.2, 0.25) is 0 Å². The Morgan fingerprint density at radius 2 is 2.16 bits per heavy atom. The first-order valence-corrected chi connectivity index (χ1v) is 6.11. The summed E-state index contributed by atoms with van der Waals surface area (Å²) in [4.78, 5) is 36.7. The topological polar surface area (TPSA) is 104 Å². The molecule has 1 rings (SSSR count). The molecule has 0 bridgehead atoms. The Hall–Kier alpha value is -2.05. The SMILES string of the molecule is C=CCN(CC(=O)O)C(=O)N1CCCC(C(N)=O)C1. The number of aliphatic carboxylic acids is 1. The van der Waals surface area contributed by atoms with Gasteiger partial charge in [-0.05, 0) is 12.8 Å². The number of likely N-dealkylation sites (tertiary alicyclic amines) is 1. The van der Waals surface area contributed by atoms with Gasteiger partial charge in [-0.15, -0.1) is 6.58 Å². The van der Waals surface area contributed by atoms with E-state index in [0.717, 1.165) is 0 Å². The standard InChI is InChI=1S/C12H19N3O4/c1-2-5-14(8-10(16)17)12(19)15-6-3-4-9(7-15)11(13)18/h2,9H,1,3-8H2,(H2,13,18)(H,16,17). The molecule has 0 spiro atoms. The predicted octanol–water partition coefficient (Wildman–Crippen LogP) is -0.124. The van der Waals surface area contributed by atoms with E-state index in [1.54, 1.807) is 0 Å². The molecule has 7 nitrogen and oxygen atoms in total. The lowest BCUT2D eigenvalue weighted by molar-refractivity contribution is -0.137. The van der Waals surface area contributed by atoms with Gasteiger partial charge in [0.25, 0.3) is 0 Å². The van der Waals surface area contributed by atoms with Crippen molar-refractivity contribution in [3.8, 4) is 0 Å². The molecule has 1 fully saturated rings. The van der Waals surface area contributed by atoms with Crippen LogP contribution in [0.3, 0.4) is 0 Å². The molecule has 0 aliphatic carbocycles. The molecule has 1 heterocycles. The highest BCUT2D eigenvalue weighted by atomic mass is 16.4. The zero-order chi connectivity index (χ0) is 14.4. The summed E-state index contributed by atoms with van der Waals surface area (Å²) in [6, 6.07) is -0.395. The van der Waals surface area contributed by atoms with Gasteiger partial charge in [-0.25, -0.2) is 4.79 Å². The van der Waals surface area contributed by atoms with Crippen molar-refractivity contribution in [2.75, 3.05) is 26.2 Å². The molecule has 1 aliphatic heterocycles. The minimum atomic E-state index is -1.08. The number of primary amides is 1. The molecule has 7 heteroatoms. The van der Waals surface area contributed by atoms with Crippen molar-refractivity contribution < 1.29 is 19.5 Å². The van der Waals surface area contributed by atoms with Gasteiger partial charge in [-0.2, -0.15) is 0 Å². The van der Waals surface area contributed by atoms with Crippen molar-refractivity contribution in [1.29, 1.82) is 0 Å². The fourth-order valence-electron chi connectivity index (χ4n) is 2.11. The van der Waals surface area contributed by atoms with Crippen LogP contribution in [0.5, 0.6) is 0 Å². The largest absolute Gasteiger partial charge is 0.480 e. The maximum atomic E-state index is 12.2. The van der Waals surface area contributed by atoms with Crippen LogP contribution >= 0.6 is 0 Å². The Morgan fingerprint density at radius 3 is 2.68 bits per heavy atom. The summed E-state index contributed by atoms with van der Waals surface area (Å²) in [5.74, 6) is -1.86. The lowest BCUT2D eigenvalue weighted by atomic mass is 9.98. The Morgan fingerprint density at radius 1 is 1.47 bits per heavy atom. The number of amides is 3. The zero-order valence-corrected chi connectivity index (χ0v) is 10.7. The zero-order valence-electron chi connectivity index (χ0n) is 10.7. The fraction of sp³-hybridized carbons (Fsp3) is 0.583. The average Bonchev–Trinajstić information content (AvgIpc) is 2.37. The van der Waals surface area contributed by atoms with E-state index in [1.165, 1.54) is 15.9 Å². The molecule has 106 valence electrons. The van der Waals surface area contributed by atoms with Crippen molar-refractivity contribution >= 4 is 17.9 Å². The third kappa shape index (κ3) is 4.27. The summed E-state index contributed by atoms with van der Waals surface area (Å²) in [7, 11) is 0. The second-order valence-electron chi connectivity index (χ2n) is 4.53. The molecule has 3 amide bonds. The quantitative estimate of drug-likeness (QED) is 0.679. The van der Waals surface area contributed by atoms with E-state index in [0.29, 0.717) is 19.4 Å². The van der Waals surface area contributed by atoms with Crippen LogP contribution in [-0.2, 0) is 9.59 Å². The normalized spacial score (nSPS) is 18.7. The molecular weight excluding hydrogens is 250 g/mol. The number of carboxylic acid groups (broad SMARTS) is 1. The van der Waals surface area contributed by atoms with Crippen LogP contribution in [0, 0.1) is 5.92 Å². The summed E-state index contributed by atoms with van der Waals surface area (Å²) in [6.07, 6.45) is 2.82. The highest BCUT2D eigenvalue weighted by Crippen LogP contribution is 2.17. The maximum absolute atomic E-state index is 12.2. The van der Waals surface area contributed by atoms with Gasteiger partial charge >= 0.3 is 12.0 Å². The molecule has 0 saturated carbocycles. The Bertz CT molecular complexity index is 383. The van der Waals surface area contributed by atoms with Gasteiger partial charge in [0.15, 0.2) is 0 Å². The molecule has 0 radical (unpaired) electrons. The van der Waals surface area contributed by atoms with Crippen molar-refractivity contribution in [1.82, 2.24) is 9.80 Å². The highest BCUT2D eigenvalue weighted by molar-refractivity contribution is 5.82. The third-order valence-electron chi connectivity index (χ3n) is 3.04. The van der Waals surface area contributed by atoms with E-state index in [2.05, 4.69) is 6.58 Å². The minimum absolute atomic E-state index is 0.156. The number of carboxylic acids is 1. The van der Waals surface area contributed by atoms with Gasteiger partial charge in [0.05, 0.1) is 5.92 Å². The van der Waals surface area contributed by atoms with Crippen molar-refractivity contribution in [2.45, 2.75) is 12.8 Å². The van der Waals surface area contributed by atoms with E-state index in [1.807, 2.05) is 0 Å². The van der Waals surface area contributed by atoms with Crippen LogP contribution in [0.15, 0.2) is 12.7 Å². The van der Waals surface area contributed by atoms with Gasteiger partial charge in [-0.3, -0.25) is 9.59 Å². The minimum Gasteiger partial charge on any atom is -0.480 e.